The van der Waals surface area contributed by atoms with E-state index in [2.05, 4.69) is 25.7 Å². The molecule has 2 N–H and O–H groups in total. The van der Waals surface area contributed by atoms with Crippen LogP contribution in [0.1, 0.15) is 26.3 Å². The largest absolute Gasteiger partial charge is 0.369 e. The Hall–Kier alpha value is -1.09. The molecule has 84 valence electrons. The summed E-state index contributed by atoms with van der Waals surface area (Å²) in [4.78, 5) is 2.14. The lowest BCUT2D eigenvalue weighted by molar-refractivity contribution is 0.605. The highest BCUT2D eigenvalue weighted by Gasteiger charge is 2.14. The van der Waals surface area contributed by atoms with E-state index < -0.39 is 0 Å². The average Bonchev–Trinajstić information content (AvgIpc) is 2.18. The number of hydrogen-bond acceptors (Lipinski definition) is 2. The van der Waals surface area contributed by atoms with Gasteiger partial charge in [0.2, 0.25) is 0 Å². The van der Waals surface area contributed by atoms with Crippen LogP contribution < -0.4 is 10.6 Å². The van der Waals surface area contributed by atoms with Gasteiger partial charge in [0.25, 0.3) is 0 Å². The second-order valence-electron chi connectivity index (χ2n) is 3.82. The molecule has 15 heavy (non-hydrogen) atoms. The summed E-state index contributed by atoms with van der Waals surface area (Å²) in [6, 6.07) is 5.46. The van der Waals surface area contributed by atoms with Gasteiger partial charge in [0.1, 0.15) is 5.82 Å². The minimum absolute atomic E-state index is 0.214. The maximum Gasteiger partial charge on any atom is 0.129 e. The van der Waals surface area contributed by atoms with Crippen molar-refractivity contribution < 1.29 is 4.39 Å². The van der Waals surface area contributed by atoms with E-state index in [9.17, 15) is 4.39 Å². The van der Waals surface area contributed by atoms with Crippen LogP contribution in [0.5, 0.6) is 0 Å². The molecule has 0 heterocycles. The maximum atomic E-state index is 13.5. The second-order valence-corrected chi connectivity index (χ2v) is 3.82. The van der Waals surface area contributed by atoms with Crippen molar-refractivity contribution in [1.29, 1.82) is 0 Å². The molecule has 0 amide bonds. The standard InChI is InChI=1S/C12H19FN2/c1-4-15(9(2)3)12-7-5-6-11(13)10(12)8-14/h5-7,9H,4,8,14H2,1-3H3. The molecule has 0 aliphatic carbocycles. The zero-order valence-corrected chi connectivity index (χ0v) is 9.63. The Bertz CT molecular complexity index is 323. The molecule has 1 rings (SSSR count). The van der Waals surface area contributed by atoms with E-state index in [4.69, 9.17) is 5.73 Å². The molecule has 0 saturated carbocycles. The van der Waals surface area contributed by atoms with Gasteiger partial charge in [-0.1, -0.05) is 6.07 Å². The van der Waals surface area contributed by atoms with Crippen LogP contribution in [0.4, 0.5) is 10.1 Å². The molecule has 0 aliphatic rings. The molecule has 3 heteroatoms. The zero-order valence-electron chi connectivity index (χ0n) is 9.63. The van der Waals surface area contributed by atoms with Crippen molar-refractivity contribution >= 4 is 5.69 Å². The Balaban J connectivity index is 3.16. The van der Waals surface area contributed by atoms with Crippen LogP contribution in [0.3, 0.4) is 0 Å². The Morgan fingerprint density at radius 2 is 2.07 bits per heavy atom. The predicted octanol–water partition coefficient (Wildman–Crippen LogP) is 2.52. The topological polar surface area (TPSA) is 29.3 Å². The molecule has 0 radical (unpaired) electrons. The van der Waals surface area contributed by atoms with Gasteiger partial charge in [-0.05, 0) is 32.9 Å². The number of rotatable bonds is 4. The lowest BCUT2D eigenvalue weighted by atomic mass is 10.1. The highest BCUT2D eigenvalue weighted by Crippen LogP contribution is 2.24. The molecule has 0 aliphatic heterocycles. The first-order chi connectivity index (χ1) is 7.11. The molecule has 0 fully saturated rings. The van der Waals surface area contributed by atoms with Gasteiger partial charge in [0.15, 0.2) is 0 Å². The average molecular weight is 210 g/mol. The lowest BCUT2D eigenvalue weighted by Crippen LogP contribution is -2.31. The minimum Gasteiger partial charge on any atom is -0.369 e. The number of nitrogens with two attached hydrogens (primary N) is 1. The number of halogens is 1. The van der Waals surface area contributed by atoms with Gasteiger partial charge in [0, 0.05) is 30.4 Å². The molecule has 0 atom stereocenters. The van der Waals surface area contributed by atoms with Crippen LogP contribution >= 0.6 is 0 Å². The van der Waals surface area contributed by atoms with Gasteiger partial charge in [0.05, 0.1) is 0 Å². The molecule has 0 aromatic heterocycles. The Morgan fingerprint density at radius 3 is 2.53 bits per heavy atom. The molecule has 0 saturated heterocycles. The van der Waals surface area contributed by atoms with E-state index in [0.717, 1.165) is 12.2 Å². The summed E-state index contributed by atoms with van der Waals surface area (Å²) in [6.45, 7) is 7.34. The summed E-state index contributed by atoms with van der Waals surface area (Å²) < 4.78 is 13.5. The van der Waals surface area contributed by atoms with Gasteiger partial charge in [-0.3, -0.25) is 0 Å². The van der Waals surface area contributed by atoms with E-state index >= 15 is 0 Å². The van der Waals surface area contributed by atoms with Crippen LogP contribution in [-0.2, 0) is 6.54 Å². The highest BCUT2D eigenvalue weighted by atomic mass is 19.1. The van der Waals surface area contributed by atoms with Crippen LogP contribution in [0.2, 0.25) is 0 Å². The second kappa shape index (κ2) is 5.12. The Labute approximate surface area is 90.9 Å². The zero-order chi connectivity index (χ0) is 11.4. The summed E-state index contributed by atoms with van der Waals surface area (Å²) in [5.74, 6) is -0.214. The Morgan fingerprint density at radius 1 is 1.40 bits per heavy atom. The molecular weight excluding hydrogens is 191 g/mol. The third-order valence-electron chi connectivity index (χ3n) is 2.57. The first kappa shape index (κ1) is 12.0. The summed E-state index contributed by atoms with van der Waals surface area (Å²) in [6.07, 6.45) is 0. The van der Waals surface area contributed by atoms with Crippen molar-refractivity contribution in [3.63, 3.8) is 0 Å². The lowest BCUT2D eigenvalue weighted by Gasteiger charge is -2.29. The fraction of sp³-hybridized carbons (Fsp3) is 0.500. The summed E-state index contributed by atoms with van der Waals surface area (Å²) in [5, 5.41) is 0. The van der Waals surface area contributed by atoms with Crippen molar-refractivity contribution in [3.05, 3.63) is 29.6 Å². The van der Waals surface area contributed by atoms with Gasteiger partial charge in [-0.25, -0.2) is 4.39 Å². The number of nitrogens with zero attached hydrogens (tertiary/aromatic N) is 1. The van der Waals surface area contributed by atoms with Gasteiger partial charge in [-0.2, -0.15) is 0 Å². The van der Waals surface area contributed by atoms with Crippen LogP contribution in [0.25, 0.3) is 0 Å². The smallest absolute Gasteiger partial charge is 0.129 e. The van der Waals surface area contributed by atoms with Crippen molar-refractivity contribution in [1.82, 2.24) is 0 Å². The molecule has 0 unspecified atom stereocenters. The van der Waals surface area contributed by atoms with E-state index in [-0.39, 0.29) is 12.4 Å². The van der Waals surface area contributed by atoms with Gasteiger partial charge in [-0.15, -0.1) is 0 Å². The van der Waals surface area contributed by atoms with Crippen LogP contribution in [0, 0.1) is 5.82 Å². The maximum absolute atomic E-state index is 13.5. The Kier molecular flexibility index (Phi) is 4.09. The molecular formula is C12H19FN2. The van der Waals surface area contributed by atoms with Gasteiger partial charge >= 0.3 is 0 Å². The number of benzene rings is 1. The van der Waals surface area contributed by atoms with Gasteiger partial charge < -0.3 is 10.6 Å². The predicted molar refractivity (Wildman–Crippen MR) is 62.4 cm³/mol. The first-order valence-corrected chi connectivity index (χ1v) is 5.35. The van der Waals surface area contributed by atoms with Crippen molar-refractivity contribution in [2.75, 3.05) is 11.4 Å². The van der Waals surface area contributed by atoms with Crippen molar-refractivity contribution in [3.8, 4) is 0 Å². The van der Waals surface area contributed by atoms with E-state index in [1.54, 1.807) is 6.07 Å². The van der Waals surface area contributed by atoms with Crippen LogP contribution in [-0.4, -0.2) is 12.6 Å². The fourth-order valence-corrected chi connectivity index (χ4v) is 1.83. The molecule has 0 spiro atoms. The summed E-state index contributed by atoms with van der Waals surface area (Å²) in [5.41, 5.74) is 7.09. The van der Waals surface area contributed by atoms with E-state index in [1.807, 2.05) is 6.07 Å². The van der Waals surface area contributed by atoms with Crippen molar-refractivity contribution in [2.24, 2.45) is 5.73 Å². The number of hydrogen-bond donors (Lipinski definition) is 1. The first-order valence-electron chi connectivity index (χ1n) is 5.35. The molecule has 1 aromatic rings. The SMILES string of the molecule is CCN(c1cccc(F)c1CN)C(C)C. The fourth-order valence-electron chi connectivity index (χ4n) is 1.83. The summed E-state index contributed by atoms with van der Waals surface area (Å²) in [7, 11) is 0. The third-order valence-corrected chi connectivity index (χ3v) is 2.57. The molecule has 1 aromatic carbocycles. The van der Waals surface area contributed by atoms with E-state index in [0.29, 0.717) is 11.6 Å². The highest BCUT2D eigenvalue weighted by molar-refractivity contribution is 5.54. The molecule has 0 bridgehead atoms. The third kappa shape index (κ3) is 2.48. The molecule has 2 nitrogen and oxygen atoms in total. The minimum atomic E-state index is -0.214. The number of anilines is 1. The normalized spacial score (nSPS) is 10.8. The van der Waals surface area contributed by atoms with Crippen molar-refractivity contribution in [2.45, 2.75) is 33.4 Å². The van der Waals surface area contributed by atoms with E-state index in [1.165, 1.54) is 6.07 Å². The monoisotopic (exact) mass is 210 g/mol. The van der Waals surface area contributed by atoms with Crippen LogP contribution in [0.15, 0.2) is 18.2 Å². The summed E-state index contributed by atoms with van der Waals surface area (Å²) >= 11 is 0. The quantitative estimate of drug-likeness (QED) is 0.827.